The summed E-state index contributed by atoms with van der Waals surface area (Å²) < 4.78 is 41.2. The third-order valence-corrected chi connectivity index (χ3v) is 7.56. The molecule has 7 nitrogen and oxygen atoms in total. The fourth-order valence-electron chi connectivity index (χ4n) is 3.99. The normalized spacial score (nSPS) is 13.9. The number of fused-ring (bicyclic) bond motifs is 1. The van der Waals surface area contributed by atoms with Crippen LogP contribution in [0.5, 0.6) is 0 Å². The Hall–Kier alpha value is -3.27. The van der Waals surface area contributed by atoms with Crippen LogP contribution in [-0.2, 0) is 26.0 Å². The minimum Gasteiger partial charge on any atom is -0.480 e. The van der Waals surface area contributed by atoms with Crippen LogP contribution < -0.4 is 9.62 Å². The summed E-state index contributed by atoms with van der Waals surface area (Å²) in [4.78, 5) is 25.8. The van der Waals surface area contributed by atoms with E-state index in [0.29, 0.717) is 29.2 Å². The number of anilines is 1. The lowest BCUT2D eigenvalue weighted by atomic mass is 10.1. The Bertz CT molecular complexity index is 1360. The van der Waals surface area contributed by atoms with E-state index in [-0.39, 0.29) is 29.5 Å². The van der Waals surface area contributed by atoms with Gasteiger partial charge in [0.2, 0.25) is 15.9 Å². The minimum absolute atomic E-state index is 0.0942. The molecule has 0 radical (unpaired) electrons. The molecule has 1 amide bonds. The van der Waals surface area contributed by atoms with Gasteiger partial charge in [-0.05, 0) is 72.0 Å². The largest absolute Gasteiger partial charge is 0.480 e. The van der Waals surface area contributed by atoms with Crippen molar-refractivity contribution in [3.8, 4) is 11.1 Å². The van der Waals surface area contributed by atoms with Gasteiger partial charge in [0.05, 0.1) is 4.90 Å². The Morgan fingerprint density at radius 1 is 1.03 bits per heavy atom. The van der Waals surface area contributed by atoms with Crippen molar-refractivity contribution in [2.24, 2.45) is 0 Å². The zero-order valence-electron chi connectivity index (χ0n) is 18.4. The number of carbonyl (C=O) groups is 2. The van der Waals surface area contributed by atoms with Gasteiger partial charge in [0.15, 0.2) is 0 Å². The first-order valence-electron chi connectivity index (χ1n) is 10.8. The molecule has 1 heterocycles. The molecule has 0 unspecified atom stereocenters. The number of benzene rings is 3. The number of carboxylic acids is 1. The summed E-state index contributed by atoms with van der Waals surface area (Å²) in [7, 11) is -4.15. The second kappa shape index (κ2) is 10.2. The summed E-state index contributed by atoms with van der Waals surface area (Å²) in [6.07, 6.45) is 0.0783. The van der Waals surface area contributed by atoms with E-state index in [2.05, 4.69) is 4.72 Å². The first-order chi connectivity index (χ1) is 16.6. The van der Waals surface area contributed by atoms with E-state index in [1.165, 1.54) is 35.2 Å². The predicted molar refractivity (Wildman–Crippen MR) is 130 cm³/mol. The monoisotopic (exact) mass is 516 g/mol. The second-order valence-corrected chi connectivity index (χ2v) is 10.3. The highest BCUT2D eigenvalue weighted by molar-refractivity contribution is 7.89. The van der Waals surface area contributed by atoms with Gasteiger partial charge in [-0.3, -0.25) is 9.59 Å². The molecule has 0 spiro atoms. The maximum Gasteiger partial charge on any atom is 0.321 e. The lowest BCUT2D eigenvalue weighted by molar-refractivity contribution is -0.139. The molecule has 1 aliphatic heterocycles. The van der Waals surface area contributed by atoms with Crippen molar-refractivity contribution in [3.63, 3.8) is 0 Å². The van der Waals surface area contributed by atoms with E-state index < -0.39 is 22.0 Å². The Kier molecular flexibility index (Phi) is 7.20. The minimum atomic E-state index is -4.15. The van der Waals surface area contributed by atoms with Gasteiger partial charge in [-0.25, -0.2) is 12.8 Å². The van der Waals surface area contributed by atoms with Gasteiger partial charge in [-0.2, -0.15) is 4.72 Å². The van der Waals surface area contributed by atoms with Crippen LogP contribution in [0.1, 0.15) is 18.4 Å². The number of nitrogens with one attached hydrogen (secondary N) is 1. The first-order valence-corrected chi connectivity index (χ1v) is 12.7. The average molecular weight is 517 g/mol. The molecule has 0 bridgehead atoms. The summed E-state index contributed by atoms with van der Waals surface area (Å²) in [5.74, 6) is -2.13. The molecular formula is C25H22ClFN2O5S. The lowest BCUT2D eigenvalue weighted by Crippen LogP contribution is -2.41. The van der Waals surface area contributed by atoms with E-state index in [1.807, 2.05) is 0 Å². The van der Waals surface area contributed by atoms with Gasteiger partial charge in [-0.15, -0.1) is 0 Å². The zero-order chi connectivity index (χ0) is 25.2. The van der Waals surface area contributed by atoms with Crippen molar-refractivity contribution in [2.75, 3.05) is 11.4 Å². The van der Waals surface area contributed by atoms with E-state index in [1.54, 1.807) is 36.4 Å². The maximum absolute atomic E-state index is 13.4. The molecule has 1 aliphatic rings. The lowest BCUT2D eigenvalue weighted by Gasteiger charge is -2.19. The van der Waals surface area contributed by atoms with Crippen molar-refractivity contribution in [2.45, 2.75) is 30.2 Å². The fraction of sp³-hybridized carbons (Fsp3) is 0.200. The predicted octanol–water partition coefficient (Wildman–Crippen LogP) is 4.25. The topological polar surface area (TPSA) is 104 Å². The fourth-order valence-corrected chi connectivity index (χ4v) is 5.34. The van der Waals surface area contributed by atoms with Gasteiger partial charge < -0.3 is 10.0 Å². The number of hydrogen-bond acceptors (Lipinski definition) is 4. The number of carboxylic acid groups (broad SMARTS) is 1. The quantitative estimate of drug-likeness (QED) is 0.466. The Labute approximate surface area is 207 Å². The number of rotatable bonds is 8. The molecule has 3 aromatic carbocycles. The number of hydrogen-bond donors (Lipinski definition) is 2. The molecular weight excluding hydrogens is 495 g/mol. The molecule has 2 N–H and O–H groups in total. The Balaban J connectivity index is 1.42. The molecule has 1 atom stereocenters. The summed E-state index contributed by atoms with van der Waals surface area (Å²) in [5, 5.41) is 10.1. The Morgan fingerprint density at radius 3 is 2.29 bits per heavy atom. The molecule has 0 aromatic heterocycles. The maximum atomic E-state index is 13.4. The smallest absolute Gasteiger partial charge is 0.321 e. The summed E-state index contributed by atoms with van der Waals surface area (Å²) in [5.41, 5.74) is 2.91. The van der Waals surface area contributed by atoms with Gasteiger partial charge >= 0.3 is 5.97 Å². The number of sulfonamides is 1. The van der Waals surface area contributed by atoms with Gasteiger partial charge in [0, 0.05) is 23.7 Å². The van der Waals surface area contributed by atoms with Crippen molar-refractivity contribution in [1.29, 1.82) is 0 Å². The molecule has 35 heavy (non-hydrogen) atoms. The van der Waals surface area contributed by atoms with E-state index in [4.69, 9.17) is 11.6 Å². The molecule has 0 fully saturated rings. The second-order valence-electron chi connectivity index (χ2n) is 8.15. The summed E-state index contributed by atoms with van der Waals surface area (Å²) in [6, 6.07) is 15.7. The molecule has 4 rings (SSSR count). The SMILES string of the molecule is O=C(O)[C@H](CCC(=O)N1CCc2cc(F)ccc21)NS(=O)(=O)c1ccc(-c2ccc(Cl)cc2)cc1. The van der Waals surface area contributed by atoms with Gasteiger partial charge in [0.25, 0.3) is 0 Å². The van der Waals surface area contributed by atoms with Crippen LogP contribution in [0.3, 0.4) is 0 Å². The first kappa shape index (κ1) is 24.8. The van der Waals surface area contributed by atoms with Gasteiger partial charge in [0.1, 0.15) is 11.9 Å². The van der Waals surface area contributed by atoms with E-state index in [0.717, 1.165) is 11.1 Å². The summed E-state index contributed by atoms with van der Waals surface area (Å²) in [6.45, 7) is 0.362. The molecule has 0 aliphatic carbocycles. The molecule has 10 heteroatoms. The standard InChI is InChI=1S/C25H22ClFN2O5S/c26-19-5-1-16(2-6-19)17-3-8-21(9-4-17)35(33,34)28-22(25(31)32)10-12-24(30)29-14-13-18-15-20(27)7-11-23(18)29/h1-9,11,15,22,28H,10,12-14H2,(H,31,32)/t22-/m0/s1. The van der Waals surface area contributed by atoms with Crippen molar-refractivity contribution < 1.29 is 27.5 Å². The van der Waals surface area contributed by atoms with Crippen LogP contribution >= 0.6 is 11.6 Å². The highest BCUT2D eigenvalue weighted by Gasteiger charge is 2.29. The van der Waals surface area contributed by atoms with E-state index in [9.17, 15) is 27.5 Å². The van der Waals surface area contributed by atoms with Crippen LogP contribution in [0.15, 0.2) is 71.6 Å². The molecule has 3 aromatic rings. The van der Waals surface area contributed by atoms with Crippen LogP contribution in [-0.4, -0.2) is 38.0 Å². The summed E-state index contributed by atoms with van der Waals surface area (Å²) >= 11 is 5.90. The van der Waals surface area contributed by atoms with Crippen molar-refractivity contribution >= 4 is 39.2 Å². The van der Waals surface area contributed by atoms with Crippen LogP contribution in [0.25, 0.3) is 11.1 Å². The van der Waals surface area contributed by atoms with Crippen molar-refractivity contribution in [1.82, 2.24) is 4.72 Å². The average Bonchev–Trinajstić information content (AvgIpc) is 3.25. The number of amides is 1. The number of halogens is 2. The zero-order valence-corrected chi connectivity index (χ0v) is 20.0. The van der Waals surface area contributed by atoms with Gasteiger partial charge in [-0.1, -0.05) is 35.9 Å². The number of aliphatic carboxylic acids is 1. The highest BCUT2D eigenvalue weighted by atomic mass is 35.5. The molecule has 0 saturated carbocycles. The van der Waals surface area contributed by atoms with Crippen molar-refractivity contribution in [3.05, 3.63) is 83.1 Å². The number of nitrogens with zero attached hydrogens (tertiary/aromatic N) is 1. The van der Waals surface area contributed by atoms with Crippen LogP contribution in [0, 0.1) is 5.82 Å². The third-order valence-electron chi connectivity index (χ3n) is 5.82. The molecule has 182 valence electrons. The van der Waals surface area contributed by atoms with E-state index >= 15 is 0 Å². The third kappa shape index (κ3) is 5.70. The molecule has 0 saturated heterocycles. The van der Waals surface area contributed by atoms with Crippen LogP contribution in [0.4, 0.5) is 10.1 Å². The highest BCUT2D eigenvalue weighted by Crippen LogP contribution is 2.29. The Morgan fingerprint density at radius 2 is 1.66 bits per heavy atom. The number of carbonyl (C=O) groups excluding carboxylic acids is 1. The van der Waals surface area contributed by atoms with Crippen LogP contribution in [0.2, 0.25) is 5.02 Å².